The molecule has 1 heterocycles. The molecular weight excluding hydrogens is 410 g/mol. The van der Waals surface area contributed by atoms with E-state index < -0.39 is 21.3 Å². The van der Waals surface area contributed by atoms with Crippen LogP contribution in [-0.2, 0) is 21.1 Å². The second-order valence-electron chi connectivity index (χ2n) is 7.23. The molecule has 0 atom stereocenters. The van der Waals surface area contributed by atoms with Crippen LogP contribution in [0.2, 0.25) is 5.02 Å². The van der Waals surface area contributed by atoms with Crippen molar-refractivity contribution in [3.05, 3.63) is 70.4 Å². The van der Waals surface area contributed by atoms with Gasteiger partial charge in [-0.3, -0.25) is 4.79 Å². The Kier molecular flexibility index (Phi) is 6.05. The summed E-state index contributed by atoms with van der Waals surface area (Å²) in [6, 6.07) is 14.4. The van der Waals surface area contributed by atoms with Crippen molar-refractivity contribution in [1.29, 1.82) is 0 Å². The molecule has 0 aliphatic heterocycles. The summed E-state index contributed by atoms with van der Waals surface area (Å²) >= 11 is 6.02. The zero-order valence-electron chi connectivity index (χ0n) is 16.7. The molecule has 3 aromatic rings. The predicted octanol–water partition coefficient (Wildman–Crippen LogP) is 5.08. The lowest BCUT2D eigenvalue weighted by molar-refractivity contribution is 0.0862. The Labute approximate surface area is 176 Å². The highest BCUT2D eigenvalue weighted by atomic mass is 35.5. The molecule has 5 nitrogen and oxygen atoms in total. The first-order valence-corrected chi connectivity index (χ1v) is 11.9. The van der Waals surface area contributed by atoms with Crippen molar-refractivity contribution in [2.24, 2.45) is 0 Å². The SMILES string of the molecule is CCC(CC)(NC(=O)c1oc2ccccc2c1CS(C)(=O)=O)c1ccc(Cl)cc1. The van der Waals surface area contributed by atoms with E-state index in [2.05, 4.69) is 5.32 Å². The third kappa shape index (κ3) is 4.49. The third-order valence-electron chi connectivity index (χ3n) is 5.27. The Bertz CT molecular complexity index is 1130. The van der Waals surface area contributed by atoms with Crippen LogP contribution in [0.4, 0.5) is 0 Å². The van der Waals surface area contributed by atoms with E-state index in [1.165, 1.54) is 0 Å². The number of hydrogen-bond acceptors (Lipinski definition) is 4. The van der Waals surface area contributed by atoms with Crippen molar-refractivity contribution in [2.75, 3.05) is 6.26 Å². The number of fused-ring (bicyclic) bond motifs is 1. The first-order valence-electron chi connectivity index (χ1n) is 9.46. The lowest BCUT2D eigenvalue weighted by atomic mass is 9.84. The Morgan fingerprint density at radius 2 is 1.69 bits per heavy atom. The van der Waals surface area contributed by atoms with Gasteiger partial charge in [-0.15, -0.1) is 0 Å². The van der Waals surface area contributed by atoms with E-state index in [-0.39, 0.29) is 11.5 Å². The summed E-state index contributed by atoms with van der Waals surface area (Å²) in [7, 11) is -3.36. The zero-order chi connectivity index (χ0) is 21.2. The Morgan fingerprint density at radius 3 is 2.28 bits per heavy atom. The van der Waals surface area contributed by atoms with Crippen LogP contribution in [0.1, 0.15) is 48.4 Å². The molecule has 0 aliphatic carbocycles. The molecule has 154 valence electrons. The lowest BCUT2D eigenvalue weighted by Crippen LogP contribution is -2.45. The highest BCUT2D eigenvalue weighted by molar-refractivity contribution is 7.89. The Hall–Kier alpha value is -2.31. The standard InChI is InChI=1S/C22H24ClNO4S/c1-4-22(5-2,15-10-12-16(23)13-11-15)24-21(25)20-18(14-29(3,26)27)17-8-6-7-9-19(17)28-20/h6-13H,4-5,14H2,1-3H3,(H,24,25). The van der Waals surface area contributed by atoms with Gasteiger partial charge in [0.1, 0.15) is 5.58 Å². The van der Waals surface area contributed by atoms with Gasteiger partial charge in [-0.1, -0.05) is 55.8 Å². The van der Waals surface area contributed by atoms with Crippen molar-refractivity contribution in [3.8, 4) is 0 Å². The van der Waals surface area contributed by atoms with Gasteiger partial charge in [0.15, 0.2) is 15.6 Å². The van der Waals surface area contributed by atoms with Gasteiger partial charge in [-0.2, -0.15) is 0 Å². The lowest BCUT2D eigenvalue weighted by Gasteiger charge is -2.33. The number of hydrogen-bond donors (Lipinski definition) is 1. The van der Waals surface area contributed by atoms with Crippen molar-refractivity contribution in [3.63, 3.8) is 0 Å². The number of halogens is 1. The molecule has 0 radical (unpaired) electrons. The van der Waals surface area contributed by atoms with E-state index in [1.54, 1.807) is 36.4 Å². The molecule has 1 N–H and O–H groups in total. The molecule has 1 aromatic heterocycles. The van der Waals surface area contributed by atoms with Crippen molar-refractivity contribution in [1.82, 2.24) is 5.32 Å². The molecule has 0 aliphatic rings. The van der Waals surface area contributed by atoms with Gasteiger partial charge >= 0.3 is 0 Å². The minimum atomic E-state index is -3.36. The molecule has 0 unspecified atom stereocenters. The highest BCUT2D eigenvalue weighted by Gasteiger charge is 2.33. The van der Waals surface area contributed by atoms with Gasteiger partial charge < -0.3 is 9.73 Å². The van der Waals surface area contributed by atoms with Crippen LogP contribution >= 0.6 is 11.6 Å². The van der Waals surface area contributed by atoms with E-state index >= 15 is 0 Å². The number of furan rings is 1. The molecule has 0 fully saturated rings. The smallest absolute Gasteiger partial charge is 0.288 e. The molecule has 0 bridgehead atoms. The number of carbonyl (C=O) groups excluding carboxylic acids is 1. The monoisotopic (exact) mass is 433 g/mol. The van der Waals surface area contributed by atoms with E-state index in [1.807, 2.05) is 26.0 Å². The molecule has 0 saturated carbocycles. The zero-order valence-corrected chi connectivity index (χ0v) is 18.2. The second kappa shape index (κ2) is 8.20. The number of sulfone groups is 1. The van der Waals surface area contributed by atoms with E-state index in [4.69, 9.17) is 16.0 Å². The average molecular weight is 434 g/mol. The van der Waals surface area contributed by atoms with Crippen molar-refractivity contribution >= 4 is 38.3 Å². The molecule has 1 amide bonds. The fourth-order valence-corrected chi connectivity index (χ4v) is 4.57. The first kappa shape index (κ1) is 21.4. The fourth-order valence-electron chi connectivity index (χ4n) is 3.64. The number of benzene rings is 2. The third-order valence-corrected chi connectivity index (χ3v) is 6.33. The van der Waals surface area contributed by atoms with Gasteiger partial charge in [0, 0.05) is 22.2 Å². The van der Waals surface area contributed by atoms with Crippen LogP contribution < -0.4 is 5.32 Å². The molecule has 2 aromatic carbocycles. The van der Waals surface area contributed by atoms with E-state index in [9.17, 15) is 13.2 Å². The maximum absolute atomic E-state index is 13.3. The molecule has 29 heavy (non-hydrogen) atoms. The number of para-hydroxylation sites is 1. The molecule has 7 heteroatoms. The van der Waals surface area contributed by atoms with Gasteiger partial charge in [0.2, 0.25) is 0 Å². The highest BCUT2D eigenvalue weighted by Crippen LogP contribution is 2.32. The van der Waals surface area contributed by atoms with Crippen molar-refractivity contribution < 1.29 is 17.6 Å². The van der Waals surface area contributed by atoms with Gasteiger partial charge in [0.25, 0.3) is 5.91 Å². The van der Waals surface area contributed by atoms with Crippen LogP contribution in [0.25, 0.3) is 11.0 Å². The molecule has 3 rings (SSSR count). The van der Waals surface area contributed by atoms with E-state index in [0.717, 1.165) is 11.8 Å². The van der Waals surface area contributed by atoms with Gasteiger partial charge in [-0.05, 0) is 36.6 Å². The maximum atomic E-state index is 13.3. The Balaban J connectivity index is 2.06. The van der Waals surface area contributed by atoms with Crippen LogP contribution in [0.5, 0.6) is 0 Å². The number of amides is 1. The summed E-state index contributed by atoms with van der Waals surface area (Å²) in [6.07, 6.45) is 2.45. The maximum Gasteiger partial charge on any atom is 0.288 e. The van der Waals surface area contributed by atoms with Crippen LogP contribution in [0, 0.1) is 0 Å². The first-order chi connectivity index (χ1) is 13.7. The van der Waals surface area contributed by atoms with Crippen LogP contribution in [-0.4, -0.2) is 20.6 Å². The normalized spacial score (nSPS) is 12.3. The topological polar surface area (TPSA) is 76.4 Å². The molecule has 0 saturated heterocycles. The molecular formula is C22H24ClNO4S. The van der Waals surface area contributed by atoms with Crippen molar-refractivity contribution in [2.45, 2.75) is 38.0 Å². The van der Waals surface area contributed by atoms with Crippen LogP contribution in [0.3, 0.4) is 0 Å². The number of rotatable bonds is 7. The summed E-state index contributed by atoms with van der Waals surface area (Å²) in [5, 5.41) is 4.35. The second-order valence-corrected chi connectivity index (χ2v) is 9.80. The summed E-state index contributed by atoms with van der Waals surface area (Å²) in [6.45, 7) is 3.99. The van der Waals surface area contributed by atoms with Gasteiger partial charge in [-0.25, -0.2) is 8.42 Å². The van der Waals surface area contributed by atoms with Crippen LogP contribution in [0.15, 0.2) is 52.9 Å². The summed E-state index contributed by atoms with van der Waals surface area (Å²) in [5.41, 5.74) is 1.18. The minimum absolute atomic E-state index is 0.0388. The molecule has 0 spiro atoms. The minimum Gasteiger partial charge on any atom is -0.451 e. The van der Waals surface area contributed by atoms with Gasteiger partial charge in [0.05, 0.1) is 11.3 Å². The summed E-state index contributed by atoms with van der Waals surface area (Å²) in [5.74, 6) is -0.658. The largest absolute Gasteiger partial charge is 0.451 e. The average Bonchev–Trinajstić information content (AvgIpc) is 3.04. The summed E-state index contributed by atoms with van der Waals surface area (Å²) < 4.78 is 29.8. The number of carbonyl (C=O) groups is 1. The quantitative estimate of drug-likeness (QED) is 0.563. The van der Waals surface area contributed by atoms with E-state index in [0.29, 0.717) is 34.4 Å². The fraction of sp³-hybridized carbons (Fsp3) is 0.318. The Morgan fingerprint density at radius 1 is 1.07 bits per heavy atom. The number of nitrogens with one attached hydrogen (secondary N) is 1. The summed E-state index contributed by atoms with van der Waals surface area (Å²) in [4.78, 5) is 13.3. The predicted molar refractivity (Wildman–Crippen MR) is 116 cm³/mol.